The summed E-state index contributed by atoms with van der Waals surface area (Å²) in [6.07, 6.45) is 0. The number of nitrogens with zero attached hydrogens (tertiary/aromatic N) is 3. The van der Waals surface area contributed by atoms with Crippen molar-refractivity contribution in [3.05, 3.63) is 41.6 Å². The Balaban J connectivity index is 2.14. The molecule has 0 saturated heterocycles. The van der Waals surface area contributed by atoms with Crippen LogP contribution in [-0.4, -0.2) is 36.3 Å². The first-order chi connectivity index (χ1) is 11.1. The fourth-order valence-electron chi connectivity index (χ4n) is 2.31. The lowest BCUT2D eigenvalue weighted by molar-refractivity contribution is 0.102. The summed E-state index contributed by atoms with van der Waals surface area (Å²) in [5, 5.41) is 10.5. The summed E-state index contributed by atoms with van der Waals surface area (Å²) in [5.41, 5.74) is 3.17. The molecule has 122 valence electrons. The summed E-state index contributed by atoms with van der Waals surface area (Å²) in [4.78, 5) is 14.5. The number of amides is 1. The van der Waals surface area contributed by atoms with Crippen LogP contribution >= 0.6 is 0 Å². The molecule has 0 unspecified atom stereocenters. The molecule has 1 heterocycles. The Kier molecular flexibility index (Phi) is 5.51. The number of carbonyl (C=O) groups is 1. The number of rotatable bonds is 6. The van der Waals surface area contributed by atoms with Crippen molar-refractivity contribution >= 4 is 17.3 Å². The molecule has 0 fully saturated rings. The van der Waals surface area contributed by atoms with Crippen molar-refractivity contribution in [1.82, 2.24) is 10.2 Å². The number of aromatic nitrogens is 2. The van der Waals surface area contributed by atoms with E-state index < -0.39 is 0 Å². The van der Waals surface area contributed by atoms with Crippen LogP contribution in [0.3, 0.4) is 0 Å². The molecule has 0 spiro atoms. The number of aryl methyl sites for hydroxylation is 1. The largest absolute Gasteiger partial charge is 0.480 e. The van der Waals surface area contributed by atoms with Crippen molar-refractivity contribution in [2.75, 3.05) is 30.4 Å². The van der Waals surface area contributed by atoms with Crippen molar-refractivity contribution in [2.45, 2.75) is 20.8 Å². The summed E-state index contributed by atoms with van der Waals surface area (Å²) < 4.78 is 4.93. The minimum absolute atomic E-state index is 0.248. The zero-order chi connectivity index (χ0) is 16.8. The monoisotopic (exact) mass is 314 g/mol. The summed E-state index contributed by atoms with van der Waals surface area (Å²) in [6.45, 7) is 8.11. The molecule has 1 aromatic carbocycles. The smallest absolute Gasteiger partial charge is 0.276 e. The second-order valence-electron chi connectivity index (χ2n) is 5.09. The van der Waals surface area contributed by atoms with Crippen LogP contribution in [0.15, 0.2) is 30.3 Å². The third-order valence-electron chi connectivity index (χ3n) is 3.67. The van der Waals surface area contributed by atoms with E-state index in [1.165, 1.54) is 7.11 Å². The molecular weight excluding hydrogens is 292 g/mol. The van der Waals surface area contributed by atoms with Gasteiger partial charge < -0.3 is 15.0 Å². The van der Waals surface area contributed by atoms with Crippen LogP contribution < -0.4 is 15.0 Å². The minimum atomic E-state index is -0.293. The lowest BCUT2D eigenvalue weighted by Crippen LogP contribution is -2.22. The molecule has 0 radical (unpaired) electrons. The Morgan fingerprint density at radius 2 is 1.91 bits per heavy atom. The first-order valence-electron chi connectivity index (χ1n) is 7.63. The van der Waals surface area contributed by atoms with Gasteiger partial charge in [0, 0.05) is 30.5 Å². The predicted molar refractivity (Wildman–Crippen MR) is 91.3 cm³/mol. The molecule has 0 aliphatic carbocycles. The van der Waals surface area contributed by atoms with E-state index in [0.717, 1.165) is 30.0 Å². The molecule has 0 aliphatic rings. The Labute approximate surface area is 136 Å². The van der Waals surface area contributed by atoms with Crippen LogP contribution in [0.5, 0.6) is 5.88 Å². The average Bonchev–Trinajstić information content (AvgIpc) is 2.58. The lowest BCUT2D eigenvalue weighted by Gasteiger charge is -2.22. The Bertz CT molecular complexity index is 667. The van der Waals surface area contributed by atoms with Crippen LogP contribution in [0, 0.1) is 6.92 Å². The Hall–Kier alpha value is -2.63. The summed E-state index contributed by atoms with van der Waals surface area (Å²) in [6, 6.07) is 9.19. The Morgan fingerprint density at radius 3 is 2.43 bits per heavy atom. The lowest BCUT2D eigenvalue weighted by atomic mass is 10.1. The van der Waals surface area contributed by atoms with Crippen LogP contribution in [0.2, 0.25) is 0 Å². The van der Waals surface area contributed by atoms with E-state index in [4.69, 9.17) is 4.74 Å². The molecule has 1 amide bonds. The van der Waals surface area contributed by atoms with Gasteiger partial charge in [0.05, 0.1) is 7.11 Å². The summed E-state index contributed by atoms with van der Waals surface area (Å²) in [5.74, 6) is 0.0835. The van der Waals surface area contributed by atoms with E-state index in [2.05, 4.69) is 40.3 Å². The second kappa shape index (κ2) is 7.58. The first-order valence-corrected chi connectivity index (χ1v) is 7.63. The van der Waals surface area contributed by atoms with E-state index in [1.54, 1.807) is 12.1 Å². The molecule has 23 heavy (non-hydrogen) atoms. The van der Waals surface area contributed by atoms with Gasteiger partial charge in [-0.05, 0) is 50.6 Å². The highest BCUT2D eigenvalue weighted by Gasteiger charge is 2.11. The quantitative estimate of drug-likeness (QED) is 0.888. The van der Waals surface area contributed by atoms with E-state index in [0.29, 0.717) is 5.88 Å². The minimum Gasteiger partial charge on any atom is -0.480 e. The molecule has 0 aliphatic heterocycles. The average molecular weight is 314 g/mol. The molecule has 6 heteroatoms. The molecule has 1 aromatic heterocycles. The van der Waals surface area contributed by atoms with Gasteiger partial charge in [-0.25, -0.2) is 0 Å². The molecule has 1 N–H and O–H groups in total. The number of carbonyl (C=O) groups excluding carboxylic acids is 1. The van der Waals surface area contributed by atoms with Crippen molar-refractivity contribution in [1.29, 1.82) is 0 Å². The van der Waals surface area contributed by atoms with Crippen LogP contribution in [0.25, 0.3) is 0 Å². The van der Waals surface area contributed by atoms with Gasteiger partial charge in [-0.3, -0.25) is 4.79 Å². The van der Waals surface area contributed by atoms with Gasteiger partial charge in [0.25, 0.3) is 5.91 Å². The van der Waals surface area contributed by atoms with Crippen molar-refractivity contribution < 1.29 is 9.53 Å². The van der Waals surface area contributed by atoms with Crippen LogP contribution in [0.4, 0.5) is 11.4 Å². The van der Waals surface area contributed by atoms with Gasteiger partial charge in [0.15, 0.2) is 5.69 Å². The topological polar surface area (TPSA) is 67.4 Å². The third kappa shape index (κ3) is 3.97. The number of hydrogen-bond donors (Lipinski definition) is 1. The maximum Gasteiger partial charge on any atom is 0.276 e. The normalized spacial score (nSPS) is 10.3. The molecule has 0 saturated carbocycles. The summed E-state index contributed by atoms with van der Waals surface area (Å²) >= 11 is 0. The predicted octanol–water partition coefficient (Wildman–Crippen LogP) is 2.89. The van der Waals surface area contributed by atoms with E-state index in [1.807, 2.05) is 19.1 Å². The third-order valence-corrected chi connectivity index (χ3v) is 3.67. The number of nitrogens with one attached hydrogen (secondary N) is 1. The molecule has 2 rings (SSSR count). The molecular formula is C17H22N4O2. The fourth-order valence-corrected chi connectivity index (χ4v) is 2.31. The van der Waals surface area contributed by atoms with Crippen molar-refractivity contribution in [3.63, 3.8) is 0 Å². The number of hydrogen-bond acceptors (Lipinski definition) is 5. The van der Waals surface area contributed by atoms with Crippen LogP contribution in [0.1, 0.15) is 29.9 Å². The first kappa shape index (κ1) is 16.7. The van der Waals surface area contributed by atoms with Gasteiger partial charge in [0.1, 0.15) is 0 Å². The van der Waals surface area contributed by atoms with Crippen molar-refractivity contribution in [3.8, 4) is 5.88 Å². The van der Waals surface area contributed by atoms with Gasteiger partial charge >= 0.3 is 0 Å². The van der Waals surface area contributed by atoms with E-state index in [9.17, 15) is 4.79 Å². The van der Waals surface area contributed by atoms with Gasteiger partial charge in [0.2, 0.25) is 5.88 Å². The standard InChI is InChI=1S/C17H22N4O2/c1-5-21(6-2)13-7-8-14(12(3)11-13)18-17(22)15-9-10-16(23-4)20-19-15/h7-11H,5-6H2,1-4H3,(H,18,22). The molecule has 0 atom stereocenters. The highest BCUT2D eigenvalue weighted by Crippen LogP contribution is 2.23. The van der Waals surface area contributed by atoms with Gasteiger partial charge in [-0.15, -0.1) is 10.2 Å². The van der Waals surface area contributed by atoms with Crippen LogP contribution in [-0.2, 0) is 0 Å². The molecule has 2 aromatic rings. The number of ether oxygens (including phenoxy) is 1. The molecule has 0 bridgehead atoms. The van der Waals surface area contributed by atoms with Gasteiger partial charge in [-0.2, -0.15) is 0 Å². The van der Waals surface area contributed by atoms with Crippen molar-refractivity contribution in [2.24, 2.45) is 0 Å². The summed E-state index contributed by atoms with van der Waals surface area (Å²) in [7, 11) is 1.50. The zero-order valence-corrected chi connectivity index (χ0v) is 14.0. The van der Waals surface area contributed by atoms with E-state index in [-0.39, 0.29) is 11.6 Å². The Morgan fingerprint density at radius 1 is 1.17 bits per heavy atom. The number of anilines is 2. The van der Waals surface area contributed by atoms with E-state index >= 15 is 0 Å². The highest BCUT2D eigenvalue weighted by atomic mass is 16.5. The molecule has 6 nitrogen and oxygen atoms in total. The number of methoxy groups -OCH3 is 1. The SMILES string of the molecule is CCN(CC)c1ccc(NC(=O)c2ccc(OC)nn2)c(C)c1. The number of benzene rings is 1. The second-order valence-corrected chi connectivity index (χ2v) is 5.09. The maximum atomic E-state index is 12.2. The fraction of sp³-hybridized carbons (Fsp3) is 0.353. The maximum absolute atomic E-state index is 12.2. The zero-order valence-electron chi connectivity index (χ0n) is 14.0. The van der Waals surface area contributed by atoms with Gasteiger partial charge in [-0.1, -0.05) is 0 Å². The highest BCUT2D eigenvalue weighted by molar-refractivity contribution is 6.03.